The first-order valence-electron chi connectivity index (χ1n) is 2.18. The Labute approximate surface area is 53.1 Å². The molecule has 0 aliphatic heterocycles. The minimum absolute atomic E-state index is 0. The quantitative estimate of drug-likeness (QED) is 0.306. The fraction of sp³-hybridized carbons (Fsp3) is 0.400. The second-order valence-corrected chi connectivity index (χ2v) is 1.24. The summed E-state index contributed by atoms with van der Waals surface area (Å²) in [5, 5.41) is 8.36. The van der Waals surface area contributed by atoms with Gasteiger partial charge in [0.15, 0.2) is 6.29 Å². The molecule has 3 N–H and O–H groups in total. The van der Waals surface area contributed by atoms with Gasteiger partial charge in [-0.3, -0.25) is 0 Å². The van der Waals surface area contributed by atoms with E-state index in [0.717, 1.165) is 6.08 Å². The van der Waals surface area contributed by atoms with Gasteiger partial charge < -0.3 is 15.3 Å². The molecule has 0 saturated carbocycles. The fourth-order valence-corrected chi connectivity index (χ4v) is 0.216. The molecule has 1 atom stereocenters. The van der Waals surface area contributed by atoms with Crippen LogP contribution in [0.1, 0.15) is 6.92 Å². The van der Waals surface area contributed by atoms with Crippen molar-refractivity contribution >= 4 is 5.97 Å². The monoisotopic (exact) mass is 134 g/mol. The van der Waals surface area contributed by atoms with Crippen molar-refractivity contribution in [3.05, 3.63) is 12.7 Å². The van der Waals surface area contributed by atoms with E-state index < -0.39 is 12.3 Å². The molecule has 0 saturated heterocycles. The number of hydrogen-bond acceptors (Lipinski definition) is 3. The van der Waals surface area contributed by atoms with Crippen LogP contribution < -0.4 is 0 Å². The zero-order chi connectivity index (χ0) is 6.57. The van der Waals surface area contributed by atoms with Gasteiger partial charge in [-0.2, -0.15) is 0 Å². The molecule has 0 spiro atoms. The first-order chi connectivity index (χ1) is 3.66. The van der Waals surface area contributed by atoms with Gasteiger partial charge in [-0.15, -0.1) is 0 Å². The Morgan fingerprint density at radius 3 is 2.44 bits per heavy atom. The normalized spacial score (nSPS) is 10.9. The summed E-state index contributed by atoms with van der Waals surface area (Å²) in [5.41, 5.74) is 0. The van der Waals surface area contributed by atoms with Gasteiger partial charge in [0.1, 0.15) is 0 Å². The number of aliphatic hydroxyl groups is 1. The molecule has 0 amide bonds. The summed E-state index contributed by atoms with van der Waals surface area (Å²) < 4.78 is 4.20. The first kappa shape index (κ1) is 11.0. The van der Waals surface area contributed by atoms with Crippen LogP contribution in [0.25, 0.3) is 0 Å². The van der Waals surface area contributed by atoms with Gasteiger partial charge in [-0.25, -0.2) is 4.79 Å². The second kappa shape index (κ2) is 5.27. The predicted octanol–water partition coefficient (Wildman–Crippen LogP) is -0.771. The molecule has 4 nitrogen and oxygen atoms in total. The summed E-state index contributed by atoms with van der Waals surface area (Å²) in [4.78, 5) is 10.1. The number of carbonyl (C=O) groups excluding carboxylic acids is 1. The summed E-state index contributed by atoms with van der Waals surface area (Å²) in [6, 6.07) is 0. The van der Waals surface area contributed by atoms with Gasteiger partial charge in [-0.1, -0.05) is 6.58 Å². The highest BCUT2D eigenvalue weighted by Gasteiger charge is 1.97. The van der Waals surface area contributed by atoms with Gasteiger partial charge in [0.05, 0.1) is 0 Å². The highest BCUT2D eigenvalue weighted by molar-refractivity contribution is 5.81. The maximum atomic E-state index is 10.1. The van der Waals surface area contributed by atoms with E-state index in [1.165, 1.54) is 6.92 Å². The molecule has 0 radical (unpaired) electrons. The summed E-state index contributed by atoms with van der Waals surface area (Å²) in [7, 11) is 0. The molecular weight excluding hydrogens is 124 g/mol. The van der Waals surface area contributed by atoms with Crippen molar-refractivity contribution < 1.29 is 20.1 Å². The van der Waals surface area contributed by atoms with E-state index >= 15 is 0 Å². The van der Waals surface area contributed by atoms with E-state index in [2.05, 4.69) is 11.3 Å². The Morgan fingerprint density at radius 1 is 1.89 bits per heavy atom. The van der Waals surface area contributed by atoms with Crippen LogP contribution in [0.5, 0.6) is 0 Å². The Bertz CT molecular complexity index is 97.1. The Kier molecular flexibility index (Phi) is 6.44. The maximum absolute atomic E-state index is 10.1. The number of aliphatic hydroxyl groups excluding tert-OH is 1. The minimum Gasteiger partial charge on any atom is -0.433 e. The van der Waals surface area contributed by atoms with Crippen LogP contribution in [0.2, 0.25) is 0 Å². The average molecular weight is 134 g/mol. The van der Waals surface area contributed by atoms with E-state index in [0.29, 0.717) is 0 Å². The van der Waals surface area contributed by atoms with E-state index in [1.54, 1.807) is 0 Å². The number of esters is 1. The Balaban J connectivity index is 0. The Hall–Kier alpha value is -0.870. The zero-order valence-electron chi connectivity index (χ0n) is 5.13. The predicted molar refractivity (Wildman–Crippen MR) is 31.6 cm³/mol. The summed E-state index contributed by atoms with van der Waals surface area (Å²) in [6.07, 6.45) is -0.0484. The first-order valence-corrected chi connectivity index (χ1v) is 2.18. The van der Waals surface area contributed by atoms with Crippen LogP contribution in [-0.2, 0) is 9.53 Å². The lowest BCUT2D eigenvalue weighted by atomic mass is 10.6. The van der Waals surface area contributed by atoms with Crippen LogP contribution in [0, 0.1) is 0 Å². The molecule has 0 rings (SSSR count). The smallest absolute Gasteiger partial charge is 0.332 e. The molecule has 0 aromatic heterocycles. The third-order valence-electron chi connectivity index (χ3n) is 0.453. The molecule has 54 valence electrons. The van der Waals surface area contributed by atoms with E-state index in [9.17, 15) is 4.79 Å². The van der Waals surface area contributed by atoms with Crippen molar-refractivity contribution in [2.45, 2.75) is 13.2 Å². The molecule has 9 heavy (non-hydrogen) atoms. The fourth-order valence-electron chi connectivity index (χ4n) is 0.216. The molecular formula is C5H10O4. The highest BCUT2D eigenvalue weighted by atomic mass is 16.6. The molecule has 0 aromatic rings. The number of hydrogen-bond donors (Lipinski definition) is 1. The zero-order valence-corrected chi connectivity index (χ0v) is 5.13. The molecule has 0 bridgehead atoms. The molecule has 0 aromatic carbocycles. The third-order valence-corrected chi connectivity index (χ3v) is 0.453. The van der Waals surface area contributed by atoms with Crippen molar-refractivity contribution in [3.8, 4) is 0 Å². The van der Waals surface area contributed by atoms with Crippen LogP contribution in [0.4, 0.5) is 0 Å². The number of ether oxygens (including phenoxy) is 1. The van der Waals surface area contributed by atoms with E-state index in [4.69, 9.17) is 5.11 Å². The lowest BCUT2D eigenvalue weighted by Crippen LogP contribution is -2.10. The van der Waals surface area contributed by atoms with Crippen LogP contribution in [-0.4, -0.2) is 22.8 Å². The molecule has 0 heterocycles. The van der Waals surface area contributed by atoms with Crippen LogP contribution in [0.15, 0.2) is 12.7 Å². The second-order valence-electron chi connectivity index (χ2n) is 1.24. The van der Waals surface area contributed by atoms with Crippen molar-refractivity contribution in [3.63, 3.8) is 0 Å². The maximum Gasteiger partial charge on any atom is 0.332 e. The van der Waals surface area contributed by atoms with E-state index in [-0.39, 0.29) is 5.48 Å². The molecule has 0 aliphatic carbocycles. The Morgan fingerprint density at radius 2 is 2.33 bits per heavy atom. The third kappa shape index (κ3) is 7.13. The highest BCUT2D eigenvalue weighted by Crippen LogP contribution is 1.84. The van der Waals surface area contributed by atoms with E-state index in [1.807, 2.05) is 0 Å². The minimum atomic E-state index is -1.04. The van der Waals surface area contributed by atoms with Gasteiger partial charge in [0.25, 0.3) is 0 Å². The average Bonchev–Trinajstić information content (AvgIpc) is 1.65. The largest absolute Gasteiger partial charge is 0.433 e. The van der Waals surface area contributed by atoms with Crippen molar-refractivity contribution in [2.24, 2.45) is 0 Å². The van der Waals surface area contributed by atoms with Crippen LogP contribution >= 0.6 is 0 Å². The number of rotatable bonds is 2. The SMILES string of the molecule is C=CC(=O)OC(C)O.O. The molecule has 0 fully saturated rings. The topological polar surface area (TPSA) is 78.0 Å². The van der Waals surface area contributed by atoms with Crippen molar-refractivity contribution in [2.75, 3.05) is 0 Å². The lowest BCUT2D eigenvalue weighted by molar-refractivity contribution is -0.158. The summed E-state index contributed by atoms with van der Waals surface area (Å²) in [6.45, 7) is 4.48. The van der Waals surface area contributed by atoms with Gasteiger partial charge in [0, 0.05) is 6.08 Å². The lowest BCUT2D eigenvalue weighted by Gasteiger charge is -2.01. The van der Waals surface area contributed by atoms with Gasteiger partial charge in [-0.05, 0) is 6.92 Å². The van der Waals surface area contributed by atoms with Crippen molar-refractivity contribution in [1.29, 1.82) is 0 Å². The molecule has 1 unspecified atom stereocenters. The summed E-state index contributed by atoms with van der Waals surface area (Å²) in [5.74, 6) is -0.611. The summed E-state index contributed by atoms with van der Waals surface area (Å²) >= 11 is 0. The standard InChI is InChI=1S/C5H8O3.H2O/c1-3-5(7)8-4(2)6;/h3-4,6H,1H2,2H3;1H2. The van der Waals surface area contributed by atoms with Gasteiger partial charge in [0.2, 0.25) is 0 Å². The van der Waals surface area contributed by atoms with Crippen molar-refractivity contribution in [1.82, 2.24) is 0 Å². The molecule has 4 heteroatoms. The molecule has 0 aliphatic rings. The number of carbonyl (C=O) groups is 1. The van der Waals surface area contributed by atoms with Gasteiger partial charge >= 0.3 is 5.97 Å². The van der Waals surface area contributed by atoms with Crippen LogP contribution in [0.3, 0.4) is 0 Å².